The number of hydrogen-bond acceptors (Lipinski definition) is 2. The van der Waals surface area contributed by atoms with Crippen molar-refractivity contribution >= 4 is 0 Å². The molecule has 2 heteroatoms. The van der Waals surface area contributed by atoms with Crippen LogP contribution in [0.3, 0.4) is 0 Å². The summed E-state index contributed by atoms with van der Waals surface area (Å²) in [5, 5.41) is 3.30. The summed E-state index contributed by atoms with van der Waals surface area (Å²) in [6.45, 7) is 23.0. The molecule has 0 bridgehead atoms. The summed E-state index contributed by atoms with van der Waals surface area (Å²) in [6.07, 6.45) is 10.9. The van der Waals surface area contributed by atoms with E-state index in [2.05, 4.69) is 58.3 Å². The fourth-order valence-corrected chi connectivity index (χ4v) is 1.74. The summed E-state index contributed by atoms with van der Waals surface area (Å²) in [5.41, 5.74) is 0. The van der Waals surface area contributed by atoms with Crippen LogP contribution in [-0.4, -0.2) is 30.1 Å². The van der Waals surface area contributed by atoms with E-state index in [0.717, 1.165) is 13.1 Å². The Morgan fingerprint density at radius 3 is 1.64 bits per heavy atom. The van der Waals surface area contributed by atoms with Gasteiger partial charge >= 0.3 is 0 Å². The highest BCUT2D eigenvalue weighted by molar-refractivity contribution is 4.77. The third kappa shape index (κ3) is 19.2. The first-order chi connectivity index (χ1) is 10.5. The van der Waals surface area contributed by atoms with Gasteiger partial charge in [-0.1, -0.05) is 52.7 Å². The fraction of sp³-hybridized carbons (Fsp3) is 0.800. The van der Waals surface area contributed by atoms with E-state index in [1.807, 2.05) is 26.1 Å². The van der Waals surface area contributed by atoms with Crippen molar-refractivity contribution in [3.8, 4) is 0 Å². The number of allylic oxidation sites excluding steroid dienone is 2. The molecule has 0 aliphatic rings. The minimum atomic E-state index is 0.687. The Morgan fingerprint density at radius 2 is 1.36 bits per heavy atom. The summed E-state index contributed by atoms with van der Waals surface area (Å²) >= 11 is 0. The zero-order chi connectivity index (χ0) is 17.8. The van der Waals surface area contributed by atoms with Gasteiger partial charge in [0, 0.05) is 25.2 Å². The first kappa shape index (κ1) is 26.2. The van der Waals surface area contributed by atoms with Crippen LogP contribution in [0.4, 0.5) is 0 Å². The fourth-order valence-electron chi connectivity index (χ4n) is 1.74. The molecular weight excluding hydrogens is 268 g/mol. The Morgan fingerprint density at radius 1 is 0.955 bits per heavy atom. The van der Waals surface area contributed by atoms with Gasteiger partial charge in [-0.05, 0) is 46.7 Å². The van der Waals surface area contributed by atoms with Crippen LogP contribution in [-0.2, 0) is 0 Å². The molecule has 0 radical (unpaired) electrons. The largest absolute Gasteiger partial charge is 0.390 e. The van der Waals surface area contributed by atoms with Crippen molar-refractivity contribution in [3.63, 3.8) is 0 Å². The monoisotopic (exact) mass is 312 g/mol. The Labute approximate surface area is 142 Å². The van der Waals surface area contributed by atoms with E-state index in [1.165, 1.54) is 25.7 Å². The lowest BCUT2D eigenvalue weighted by atomic mass is 10.1. The molecule has 1 N–H and O–H groups in total. The zero-order valence-corrected chi connectivity index (χ0v) is 16.8. The average molecular weight is 313 g/mol. The highest BCUT2D eigenvalue weighted by Gasteiger charge is 2.16. The quantitative estimate of drug-likeness (QED) is 0.414. The molecule has 2 nitrogen and oxygen atoms in total. The van der Waals surface area contributed by atoms with Gasteiger partial charge in [0.05, 0.1) is 0 Å². The van der Waals surface area contributed by atoms with E-state index in [-0.39, 0.29) is 0 Å². The van der Waals surface area contributed by atoms with Gasteiger partial charge < -0.3 is 5.32 Å². The van der Waals surface area contributed by atoms with Gasteiger partial charge in [0.1, 0.15) is 0 Å². The number of unbranched alkanes of at least 4 members (excludes halogenated alkanes) is 1. The van der Waals surface area contributed by atoms with Crippen molar-refractivity contribution in [3.05, 3.63) is 24.9 Å². The third-order valence-electron chi connectivity index (χ3n) is 3.61. The number of rotatable bonds is 9. The highest BCUT2D eigenvalue weighted by atomic mass is 15.2. The maximum Gasteiger partial charge on any atom is 0.0269 e. The van der Waals surface area contributed by atoms with Crippen molar-refractivity contribution in [1.82, 2.24) is 10.2 Å². The molecular formula is C20H44N2. The normalized spacial score (nSPS) is 12.8. The van der Waals surface area contributed by atoms with E-state index in [4.69, 9.17) is 0 Å². The number of hydrogen-bond donors (Lipinski definition) is 1. The Balaban J connectivity index is -0.000000432. The summed E-state index contributed by atoms with van der Waals surface area (Å²) in [7, 11) is 0. The lowest BCUT2D eigenvalue weighted by molar-refractivity contribution is 0.148. The van der Waals surface area contributed by atoms with Gasteiger partial charge in [0.15, 0.2) is 0 Å². The number of nitrogens with one attached hydrogen (secondary N) is 1. The van der Waals surface area contributed by atoms with E-state index in [0.29, 0.717) is 12.1 Å². The van der Waals surface area contributed by atoms with Gasteiger partial charge in [0.2, 0.25) is 0 Å². The average Bonchev–Trinajstić information content (AvgIpc) is 2.54. The molecule has 0 heterocycles. The van der Waals surface area contributed by atoms with Gasteiger partial charge in [0.25, 0.3) is 0 Å². The first-order valence-electron chi connectivity index (χ1n) is 9.17. The molecule has 134 valence electrons. The van der Waals surface area contributed by atoms with Crippen LogP contribution in [0.1, 0.15) is 81.1 Å². The lowest BCUT2D eigenvalue weighted by Crippen LogP contribution is -2.43. The van der Waals surface area contributed by atoms with Crippen molar-refractivity contribution in [1.29, 1.82) is 0 Å². The van der Waals surface area contributed by atoms with E-state index < -0.39 is 0 Å². The van der Waals surface area contributed by atoms with Crippen LogP contribution in [0.2, 0.25) is 0 Å². The Hall–Kier alpha value is -0.760. The molecule has 0 aliphatic heterocycles. The molecule has 0 fully saturated rings. The number of nitrogens with zero attached hydrogens (tertiary/aromatic N) is 1. The van der Waals surface area contributed by atoms with E-state index in [1.54, 1.807) is 6.08 Å². The highest BCUT2D eigenvalue weighted by Crippen LogP contribution is 2.10. The Bertz CT molecular complexity index is 212. The van der Waals surface area contributed by atoms with Gasteiger partial charge in [-0.3, -0.25) is 4.90 Å². The molecule has 0 aromatic carbocycles. The first-order valence-corrected chi connectivity index (χ1v) is 9.17. The second-order valence-electron chi connectivity index (χ2n) is 5.61. The molecule has 0 aromatic rings. The smallest absolute Gasteiger partial charge is 0.0269 e. The van der Waals surface area contributed by atoms with Crippen molar-refractivity contribution in [2.75, 3.05) is 13.1 Å². The van der Waals surface area contributed by atoms with Crippen molar-refractivity contribution < 1.29 is 0 Å². The van der Waals surface area contributed by atoms with Crippen LogP contribution in [0.15, 0.2) is 24.9 Å². The molecule has 0 amide bonds. The summed E-state index contributed by atoms with van der Waals surface area (Å²) in [4.78, 5) is 2.59. The molecule has 0 saturated carbocycles. The minimum absolute atomic E-state index is 0.687. The summed E-state index contributed by atoms with van der Waals surface area (Å²) < 4.78 is 0. The SMILES string of the molecule is C/C=C\NCCN(C(C)CC)C(C)CC.C=CC.CCCC. The molecule has 0 aromatic heterocycles. The topological polar surface area (TPSA) is 15.3 Å². The molecule has 22 heavy (non-hydrogen) atoms. The predicted molar refractivity (Wildman–Crippen MR) is 105 cm³/mol. The second kappa shape index (κ2) is 22.5. The zero-order valence-electron chi connectivity index (χ0n) is 16.8. The summed E-state index contributed by atoms with van der Waals surface area (Å²) in [5.74, 6) is 0. The van der Waals surface area contributed by atoms with E-state index >= 15 is 0 Å². The third-order valence-corrected chi connectivity index (χ3v) is 3.61. The maximum absolute atomic E-state index is 3.36. The molecule has 0 saturated heterocycles. The van der Waals surface area contributed by atoms with Crippen LogP contribution < -0.4 is 5.32 Å². The molecule has 0 rings (SSSR count). The van der Waals surface area contributed by atoms with Crippen LogP contribution in [0, 0.1) is 0 Å². The maximum atomic E-state index is 3.36. The van der Waals surface area contributed by atoms with Crippen molar-refractivity contribution in [2.24, 2.45) is 0 Å². The summed E-state index contributed by atoms with van der Waals surface area (Å²) in [6, 6.07) is 1.37. The standard InChI is InChI=1S/C13H28N2.C4H10.C3H6/c1-6-9-14-10-11-15(12(4)7-2)13(5)8-3;1-3-4-2;1-3-2/h6,9,12-14H,7-8,10-11H2,1-5H3;3-4H2,1-2H3;3H,1H2,2H3/b9-6-;;. The molecule has 2 unspecified atom stereocenters. The van der Waals surface area contributed by atoms with Crippen molar-refractivity contribution in [2.45, 2.75) is 93.2 Å². The van der Waals surface area contributed by atoms with Gasteiger partial charge in [-0.25, -0.2) is 0 Å². The van der Waals surface area contributed by atoms with Crippen LogP contribution >= 0.6 is 0 Å². The molecule has 0 spiro atoms. The van der Waals surface area contributed by atoms with Gasteiger partial charge in [-0.2, -0.15) is 0 Å². The van der Waals surface area contributed by atoms with E-state index in [9.17, 15) is 0 Å². The minimum Gasteiger partial charge on any atom is -0.390 e. The van der Waals surface area contributed by atoms with Crippen LogP contribution in [0.5, 0.6) is 0 Å². The Kier molecular flexibility index (Phi) is 26.8. The molecule has 0 aliphatic carbocycles. The second-order valence-corrected chi connectivity index (χ2v) is 5.61. The molecule has 2 atom stereocenters. The van der Waals surface area contributed by atoms with Crippen LogP contribution in [0.25, 0.3) is 0 Å². The van der Waals surface area contributed by atoms with Gasteiger partial charge in [-0.15, -0.1) is 6.58 Å². The predicted octanol–water partition coefficient (Wildman–Crippen LogP) is 6.01. The lowest BCUT2D eigenvalue weighted by Gasteiger charge is -2.33.